The number of aromatic carboxylic acids is 1. The molecule has 0 unspecified atom stereocenters. The van der Waals surface area contributed by atoms with E-state index in [-0.39, 0.29) is 0 Å². The fraction of sp³-hybridized carbons (Fsp3) is 0.231. The molecule has 1 aromatic heterocycles. The number of hydrogen-bond donors (Lipinski definition) is 2. The summed E-state index contributed by atoms with van der Waals surface area (Å²) in [4.78, 5) is 17.4. The predicted molar refractivity (Wildman–Crippen MR) is 79.4 cm³/mol. The van der Waals surface area contributed by atoms with Crippen molar-refractivity contribution in [3.8, 4) is 0 Å². The number of aryl methyl sites for hydroxylation is 1. The number of aromatic nitrogens is 1. The van der Waals surface area contributed by atoms with Gasteiger partial charge in [-0.3, -0.25) is 0 Å². The molecule has 0 amide bonds. The van der Waals surface area contributed by atoms with Gasteiger partial charge in [0.15, 0.2) is 0 Å². The number of nitrogens with zero attached hydrogens (tertiary/aromatic N) is 1. The predicted octanol–water partition coefficient (Wildman–Crippen LogP) is 3.48. The maximum absolute atomic E-state index is 11.4. The normalized spacial score (nSPS) is 10.4. The maximum atomic E-state index is 11.4. The van der Waals surface area contributed by atoms with Gasteiger partial charge in [0.2, 0.25) is 0 Å². The maximum Gasteiger partial charge on any atom is 0.338 e. The smallest absolute Gasteiger partial charge is 0.338 e. The molecule has 100 valence electrons. The molecule has 0 saturated carbocycles. The van der Waals surface area contributed by atoms with Crippen LogP contribution >= 0.6 is 23.1 Å². The summed E-state index contributed by atoms with van der Waals surface area (Å²) < 4.78 is 0. The Kier molecular flexibility index (Phi) is 4.44. The number of hydrogen-bond acceptors (Lipinski definition) is 5. The topological polar surface area (TPSA) is 62.2 Å². The van der Waals surface area contributed by atoms with Gasteiger partial charge in [-0.15, -0.1) is 23.1 Å². The lowest BCUT2D eigenvalue weighted by Gasteiger charge is -2.11. The molecule has 1 aromatic carbocycles. The van der Waals surface area contributed by atoms with Crippen molar-refractivity contribution in [2.45, 2.75) is 18.4 Å². The Balaban J connectivity index is 2.22. The Morgan fingerprint density at radius 1 is 1.53 bits per heavy atom. The molecule has 2 rings (SSSR count). The van der Waals surface area contributed by atoms with Crippen LogP contribution in [0.2, 0.25) is 0 Å². The first-order chi connectivity index (χ1) is 9.11. The van der Waals surface area contributed by atoms with Gasteiger partial charge in [0.05, 0.1) is 22.8 Å². The van der Waals surface area contributed by atoms with Gasteiger partial charge in [-0.2, -0.15) is 0 Å². The number of nitrogens with one attached hydrogen (secondary N) is 1. The van der Waals surface area contributed by atoms with Crippen molar-refractivity contribution < 1.29 is 9.90 Å². The molecule has 0 saturated heterocycles. The molecule has 0 spiro atoms. The summed E-state index contributed by atoms with van der Waals surface area (Å²) >= 11 is 3.04. The van der Waals surface area contributed by atoms with Crippen LogP contribution in [0, 0.1) is 6.92 Å². The second-order valence-electron chi connectivity index (χ2n) is 3.89. The van der Waals surface area contributed by atoms with Crippen LogP contribution in [0.15, 0.2) is 29.3 Å². The first-order valence-corrected chi connectivity index (χ1v) is 7.71. The second kappa shape index (κ2) is 6.08. The van der Waals surface area contributed by atoms with Gasteiger partial charge in [0, 0.05) is 16.0 Å². The molecular formula is C13H14N2O2S2. The van der Waals surface area contributed by atoms with E-state index in [0.717, 1.165) is 14.8 Å². The lowest BCUT2D eigenvalue weighted by molar-refractivity contribution is 0.0694. The first-order valence-electron chi connectivity index (χ1n) is 5.67. The van der Waals surface area contributed by atoms with Crippen LogP contribution in [0.25, 0.3) is 0 Å². The molecule has 2 aromatic rings. The van der Waals surface area contributed by atoms with Crippen LogP contribution in [0.1, 0.15) is 20.2 Å². The molecule has 0 aliphatic heterocycles. The van der Waals surface area contributed by atoms with Crippen LogP contribution < -0.4 is 5.32 Å². The van der Waals surface area contributed by atoms with Gasteiger partial charge in [0.1, 0.15) is 0 Å². The van der Waals surface area contributed by atoms with Gasteiger partial charge in [-0.25, -0.2) is 9.78 Å². The molecule has 0 atom stereocenters. The highest BCUT2D eigenvalue weighted by molar-refractivity contribution is 7.98. The van der Waals surface area contributed by atoms with Gasteiger partial charge in [-0.1, -0.05) is 6.07 Å². The fourth-order valence-electron chi connectivity index (χ4n) is 1.74. The molecule has 4 nitrogen and oxygen atoms in total. The van der Waals surface area contributed by atoms with Crippen LogP contribution in [0.5, 0.6) is 0 Å². The summed E-state index contributed by atoms with van der Waals surface area (Å²) in [6.45, 7) is 2.54. The molecule has 6 heteroatoms. The van der Waals surface area contributed by atoms with Gasteiger partial charge in [0.25, 0.3) is 0 Å². The Bertz CT molecular complexity index is 596. The Labute approximate surface area is 119 Å². The Hall–Kier alpha value is -1.53. The third-order valence-electron chi connectivity index (χ3n) is 2.58. The molecule has 0 radical (unpaired) electrons. The van der Waals surface area contributed by atoms with Crippen molar-refractivity contribution in [3.63, 3.8) is 0 Å². The molecule has 19 heavy (non-hydrogen) atoms. The Morgan fingerprint density at radius 3 is 2.89 bits per heavy atom. The van der Waals surface area contributed by atoms with E-state index in [1.165, 1.54) is 11.8 Å². The standard InChI is InChI=1S/C13H14N2O2S2/c1-8-14-6-9(19-8)7-15-10-4-3-5-11(18-2)12(10)13(16)17/h3-6,15H,7H2,1-2H3,(H,16,17). The summed E-state index contributed by atoms with van der Waals surface area (Å²) in [6.07, 6.45) is 3.68. The molecule has 0 aliphatic carbocycles. The average molecular weight is 294 g/mol. The summed E-state index contributed by atoms with van der Waals surface area (Å²) in [7, 11) is 0. The number of rotatable bonds is 5. The third kappa shape index (κ3) is 3.27. The average Bonchev–Trinajstić information content (AvgIpc) is 2.81. The van der Waals surface area contributed by atoms with Crippen LogP contribution in [-0.4, -0.2) is 22.3 Å². The van der Waals surface area contributed by atoms with Crippen molar-refractivity contribution in [2.24, 2.45) is 0 Å². The van der Waals surface area contributed by atoms with E-state index in [9.17, 15) is 9.90 Å². The Morgan fingerprint density at radius 2 is 2.32 bits per heavy atom. The number of benzene rings is 1. The van der Waals surface area contributed by atoms with E-state index in [4.69, 9.17) is 0 Å². The third-order valence-corrected chi connectivity index (χ3v) is 4.28. The van der Waals surface area contributed by atoms with E-state index < -0.39 is 5.97 Å². The number of thioether (sulfide) groups is 1. The summed E-state index contributed by atoms with van der Waals surface area (Å²) in [5.74, 6) is -0.909. The first kappa shape index (κ1) is 13.9. The minimum atomic E-state index is -0.909. The minimum absolute atomic E-state index is 0.330. The van der Waals surface area contributed by atoms with Crippen molar-refractivity contribution in [2.75, 3.05) is 11.6 Å². The zero-order chi connectivity index (χ0) is 13.8. The van der Waals surface area contributed by atoms with Crippen LogP contribution in [0.4, 0.5) is 5.69 Å². The van der Waals surface area contributed by atoms with Gasteiger partial charge >= 0.3 is 5.97 Å². The van der Waals surface area contributed by atoms with E-state index in [1.807, 2.05) is 31.5 Å². The number of carboxylic acids is 1. The number of carboxylic acid groups (broad SMARTS) is 1. The summed E-state index contributed by atoms with van der Waals surface area (Å²) in [5, 5.41) is 13.5. The number of thiazole rings is 1. The second-order valence-corrected chi connectivity index (χ2v) is 6.05. The van der Waals surface area contributed by atoms with Gasteiger partial charge in [-0.05, 0) is 25.3 Å². The van der Waals surface area contributed by atoms with Crippen LogP contribution in [0.3, 0.4) is 0 Å². The zero-order valence-corrected chi connectivity index (χ0v) is 12.3. The number of anilines is 1. The summed E-state index contributed by atoms with van der Waals surface area (Å²) in [5.41, 5.74) is 0.974. The van der Waals surface area contributed by atoms with Crippen molar-refractivity contribution in [3.05, 3.63) is 39.8 Å². The minimum Gasteiger partial charge on any atom is -0.478 e. The number of carbonyl (C=O) groups is 1. The lowest BCUT2D eigenvalue weighted by atomic mass is 10.1. The van der Waals surface area contributed by atoms with E-state index in [1.54, 1.807) is 17.4 Å². The highest BCUT2D eigenvalue weighted by Crippen LogP contribution is 2.27. The molecular weight excluding hydrogens is 280 g/mol. The molecule has 0 aliphatic rings. The zero-order valence-electron chi connectivity index (χ0n) is 10.6. The molecule has 0 bridgehead atoms. The van der Waals surface area contributed by atoms with E-state index >= 15 is 0 Å². The van der Waals surface area contributed by atoms with Crippen molar-refractivity contribution in [1.29, 1.82) is 0 Å². The molecule has 0 fully saturated rings. The fourth-order valence-corrected chi connectivity index (χ4v) is 3.09. The largest absolute Gasteiger partial charge is 0.478 e. The highest BCUT2D eigenvalue weighted by Gasteiger charge is 2.14. The highest BCUT2D eigenvalue weighted by atomic mass is 32.2. The van der Waals surface area contributed by atoms with Crippen LogP contribution in [-0.2, 0) is 6.54 Å². The quantitative estimate of drug-likeness (QED) is 0.827. The van der Waals surface area contributed by atoms with Gasteiger partial charge < -0.3 is 10.4 Å². The monoisotopic (exact) mass is 294 g/mol. The SMILES string of the molecule is CSc1cccc(NCc2cnc(C)s2)c1C(=O)O. The van der Waals surface area contributed by atoms with Crippen molar-refractivity contribution in [1.82, 2.24) is 4.98 Å². The molecule has 2 N–H and O–H groups in total. The van der Waals surface area contributed by atoms with Crippen molar-refractivity contribution >= 4 is 34.8 Å². The molecule has 1 heterocycles. The lowest BCUT2D eigenvalue weighted by Crippen LogP contribution is -2.07. The summed E-state index contributed by atoms with van der Waals surface area (Å²) in [6, 6.07) is 5.46. The van der Waals surface area contributed by atoms with E-state index in [0.29, 0.717) is 17.8 Å². The van der Waals surface area contributed by atoms with E-state index in [2.05, 4.69) is 10.3 Å².